The average Bonchev–Trinajstić information content (AvgIpc) is 2.70. The van der Waals surface area contributed by atoms with E-state index in [1.807, 2.05) is 24.3 Å². The maximum atomic E-state index is 12.3. The van der Waals surface area contributed by atoms with Gasteiger partial charge in [-0.05, 0) is 36.2 Å². The summed E-state index contributed by atoms with van der Waals surface area (Å²) in [6, 6.07) is 12.2. The van der Waals surface area contributed by atoms with Crippen LogP contribution in [0.25, 0.3) is 0 Å². The van der Waals surface area contributed by atoms with Crippen LogP contribution in [0, 0.1) is 5.92 Å². The van der Waals surface area contributed by atoms with Gasteiger partial charge in [0, 0.05) is 5.56 Å². The lowest BCUT2D eigenvalue weighted by atomic mass is 9.97. The lowest BCUT2D eigenvalue weighted by molar-refractivity contribution is -0.148. The standard InChI is InChI=1S/C20H17NO6/c22-16(12-5-6-18-15(8-12)21-19(23)11-26-18)10-27-20(24)14-7-13-3-1-2-4-17(13)25-9-14/h1-6,8,14H,7,9-11H2,(H,21,23)/t14-/m1/s1. The molecule has 7 nitrogen and oxygen atoms in total. The Morgan fingerprint density at radius 2 is 1.96 bits per heavy atom. The molecule has 138 valence electrons. The van der Waals surface area contributed by atoms with E-state index in [2.05, 4.69) is 5.32 Å². The third-order valence-electron chi connectivity index (χ3n) is 4.49. The molecule has 4 rings (SSSR count). The zero-order valence-electron chi connectivity index (χ0n) is 14.4. The van der Waals surface area contributed by atoms with Crippen LogP contribution >= 0.6 is 0 Å². The van der Waals surface area contributed by atoms with Crippen molar-refractivity contribution in [3.05, 3.63) is 53.6 Å². The second-order valence-electron chi connectivity index (χ2n) is 6.40. The van der Waals surface area contributed by atoms with Gasteiger partial charge >= 0.3 is 5.97 Å². The maximum Gasteiger partial charge on any atom is 0.313 e. The minimum Gasteiger partial charge on any atom is -0.492 e. The van der Waals surface area contributed by atoms with Crippen LogP contribution < -0.4 is 14.8 Å². The van der Waals surface area contributed by atoms with E-state index < -0.39 is 11.9 Å². The van der Waals surface area contributed by atoms with Crippen LogP contribution in [0.1, 0.15) is 15.9 Å². The molecule has 7 heteroatoms. The highest BCUT2D eigenvalue weighted by Gasteiger charge is 2.28. The summed E-state index contributed by atoms with van der Waals surface area (Å²) in [5.74, 6) is -0.271. The normalized spacial score (nSPS) is 17.5. The highest BCUT2D eigenvalue weighted by molar-refractivity contribution is 6.01. The van der Waals surface area contributed by atoms with Gasteiger partial charge in [0.05, 0.1) is 11.6 Å². The molecule has 0 unspecified atom stereocenters. The van der Waals surface area contributed by atoms with Gasteiger partial charge in [-0.1, -0.05) is 18.2 Å². The first kappa shape index (κ1) is 17.1. The largest absolute Gasteiger partial charge is 0.492 e. The van der Waals surface area contributed by atoms with Crippen LogP contribution in [0.2, 0.25) is 0 Å². The third kappa shape index (κ3) is 3.62. The molecule has 0 aliphatic carbocycles. The second kappa shape index (κ2) is 7.11. The van der Waals surface area contributed by atoms with E-state index in [1.54, 1.807) is 12.1 Å². The average molecular weight is 367 g/mol. The Hall–Kier alpha value is -3.35. The molecule has 2 heterocycles. The van der Waals surface area contributed by atoms with Gasteiger partial charge in [-0.3, -0.25) is 14.4 Å². The van der Waals surface area contributed by atoms with E-state index in [4.69, 9.17) is 14.2 Å². The number of carbonyl (C=O) groups is 3. The second-order valence-corrected chi connectivity index (χ2v) is 6.40. The summed E-state index contributed by atoms with van der Waals surface area (Å²) in [7, 11) is 0. The van der Waals surface area contributed by atoms with Crippen molar-refractivity contribution in [3.8, 4) is 11.5 Å². The number of nitrogens with one attached hydrogen (secondary N) is 1. The summed E-state index contributed by atoms with van der Waals surface area (Å²) in [5, 5.41) is 2.64. The number of esters is 1. The van der Waals surface area contributed by atoms with Gasteiger partial charge in [-0.15, -0.1) is 0 Å². The number of Topliss-reactive ketones (excluding diaryl/α,β-unsaturated/α-hetero) is 1. The van der Waals surface area contributed by atoms with Crippen molar-refractivity contribution in [2.24, 2.45) is 5.92 Å². The smallest absolute Gasteiger partial charge is 0.313 e. The van der Waals surface area contributed by atoms with Crippen LogP contribution in [0.15, 0.2) is 42.5 Å². The first-order valence-electron chi connectivity index (χ1n) is 8.57. The van der Waals surface area contributed by atoms with Crippen molar-refractivity contribution in [3.63, 3.8) is 0 Å². The molecule has 0 saturated carbocycles. The molecule has 2 aliphatic heterocycles. The lowest BCUT2D eigenvalue weighted by Gasteiger charge is -2.23. The fourth-order valence-corrected chi connectivity index (χ4v) is 3.07. The number of para-hydroxylation sites is 1. The van der Waals surface area contributed by atoms with Gasteiger partial charge in [0.15, 0.2) is 19.0 Å². The molecule has 1 N–H and O–H groups in total. The number of hydrogen-bond acceptors (Lipinski definition) is 6. The van der Waals surface area contributed by atoms with Gasteiger partial charge in [0.1, 0.15) is 18.1 Å². The summed E-state index contributed by atoms with van der Waals surface area (Å²) in [4.78, 5) is 36.0. The molecule has 1 atom stereocenters. The molecule has 27 heavy (non-hydrogen) atoms. The molecule has 0 radical (unpaired) electrons. The lowest BCUT2D eigenvalue weighted by Crippen LogP contribution is -2.31. The van der Waals surface area contributed by atoms with Gasteiger partial charge in [-0.25, -0.2) is 0 Å². The van der Waals surface area contributed by atoms with E-state index in [9.17, 15) is 14.4 Å². The Bertz CT molecular complexity index is 922. The van der Waals surface area contributed by atoms with Crippen molar-refractivity contribution in [1.82, 2.24) is 0 Å². The molecule has 0 spiro atoms. The minimum atomic E-state index is -0.465. The van der Waals surface area contributed by atoms with Gasteiger partial charge in [0.2, 0.25) is 0 Å². The predicted molar refractivity (Wildman–Crippen MR) is 95.0 cm³/mol. The summed E-state index contributed by atoms with van der Waals surface area (Å²) >= 11 is 0. The fourth-order valence-electron chi connectivity index (χ4n) is 3.07. The van der Waals surface area contributed by atoms with Crippen molar-refractivity contribution in [1.29, 1.82) is 0 Å². The van der Waals surface area contributed by atoms with E-state index in [0.29, 0.717) is 23.4 Å². The van der Waals surface area contributed by atoms with E-state index in [-0.39, 0.29) is 31.5 Å². The molecular formula is C20H17NO6. The zero-order valence-corrected chi connectivity index (χ0v) is 14.4. The SMILES string of the molecule is O=C1COc2ccc(C(=O)COC(=O)[C@H]3COc4ccccc4C3)cc2N1. The third-order valence-corrected chi connectivity index (χ3v) is 4.49. The van der Waals surface area contributed by atoms with Gasteiger partial charge in [0.25, 0.3) is 5.91 Å². The Balaban J connectivity index is 1.36. The molecule has 0 saturated heterocycles. The van der Waals surface area contributed by atoms with Crippen LogP contribution in [0.4, 0.5) is 5.69 Å². The number of benzene rings is 2. The Labute approximate surface area is 155 Å². The number of rotatable bonds is 4. The Kier molecular flexibility index (Phi) is 4.50. The summed E-state index contributed by atoms with van der Waals surface area (Å²) in [6.45, 7) is -0.193. The van der Waals surface area contributed by atoms with Gasteiger partial charge in [-0.2, -0.15) is 0 Å². The molecule has 2 aromatic carbocycles. The number of amides is 1. The summed E-state index contributed by atoms with van der Waals surface area (Å²) in [6.07, 6.45) is 0.519. The molecule has 0 fully saturated rings. The highest BCUT2D eigenvalue weighted by atomic mass is 16.5. The van der Waals surface area contributed by atoms with Crippen LogP contribution in [0.5, 0.6) is 11.5 Å². The molecule has 2 aliphatic rings. The van der Waals surface area contributed by atoms with Crippen LogP contribution in [0.3, 0.4) is 0 Å². The maximum absolute atomic E-state index is 12.3. The number of anilines is 1. The van der Waals surface area contributed by atoms with E-state index >= 15 is 0 Å². The van der Waals surface area contributed by atoms with Crippen molar-refractivity contribution < 1.29 is 28.6 Å². The fraction of sp³-hybridized carbons (Fsp3) is 0.250. The topological polar surface area (TPSA) is 90.9 Å². The quantitative estimate of drug-likeness (QED) is 0.657. The Morgan fingerprint density at radius 1 is 1.11 bits per heavy atom. The monoisotopic (exact) mass is 367 g/mol. The van der Waals surface area contributed by atoms with Crippen molar-refractivity contribution in [2.75, 3.05) is 25.1 Å². The first-order valence-corrected chi connectivity index (χ1v) is 8.57. The number of ketones is 1. The molecular weight excluding hydrogens is 350 g/mol. The molecule has 1 amide bonds. The molecule has 0 bridgehead atoms. The number of carbonyl (C=O) groups excluding carboxylic acids is 3. The van der Waals surface area contributed by atoms with Crippen molar-refractivity contribution in [2.45, 2.75) is 6.42 Å². The predicted octanol–water partition coefficient (Wildman–Crippen LogP) is 1.99. The van der Waals surface area contributed by atoms with E-state index in [0.717, 1.165) is 11.3 Å². The number of fused-ring (bicyclic) bond motifs is 2. The summed E-state index contributed by atoms with van der Waals surface area (Å²) in [5.41, 5.74) is 1.71. The van der Waals surface area contributed by atoms with Crippen molar-refractivity contribution >= 4 is 23.3 Å². The number of hydrogen-bond donors (Lipinski definition) is 1. The summed E-state index contributed by atoms with van der Waals surface area (Å²) < 4.78 is 16.0. The van der Waals surface area contributed by atoms with E-state index in [1.165, 1.54) is 6.07 Å². The van der Waals surface area contributed by atoms with Crippen LogP contribution in [-0.4, -0.2) is 37.5 Å². The molecule has 2 aromatic rings. The Morgan fingerprint density at radius 3 is 2.85 bits per heavy atom. The van der Waals surface area contributed by atoms with Gasteiger partial charge < -0.3 is 19.5 Å². The molecule has 0 aromatic heterocycles. The highest BCUT2D eigenvalue weighted by Crippen LogP contribution is 2.29. The number of ether oxygens (including phenoxy) is 3. The minimum absolute atomic E-state index is 0.0511. The van der Waals surface area contributed by atoms with Crippen LogP contribution in [-0.2, 0) is 20.7 Å². The zero-order chi connectivity index (χ0) is 18.8. The first-order chi connectivity index (χ1) is 13.1.